The topological polar surface area (TPSA) is 61.4 Å². The predicted octanol–water partition coefficient (Wildman–Crippen LogP) is 1.87. The molecule has 1 unspecified atom stereocenters. The van der Waals surface area contributed by atoms with Crippen LogP contribution >= 0.6 is 0 Å². The molecule has 2 N–H and O–H groups in total. The van der Waals surface area contributed by atoms with E-state index in [0.29, 0.717) is 19.5 Å². The molecule has 0 radical (unpaired) electrons. The molecule has 0 aliphatic carbocycles. The molecule has 136 valence electrons. The summed E-state index contributed by atoms with van der Waals surface area (Å²) in [6.45, 7) is 1.24. The number of nitrogens with zero attached hydrogens (tertiary/aromatic N) is 1. The standard InChI is InChI=1S/C21H25N3O2/c1-22-12-13-23-19(25)15-21(14-16-8-4-3-5-9-16)17-10-6-7-11-18(17)24(2)20(21)26/h3-11,22H,12-15H2,1-2H3,(H,23,25). The third-order valence-corrected chi connectivity index (χ3v) is 5.00. The van der Waals surface area contributed by atoms with Gasteiger partial charge in [-0.3, -0.25) is 9.59 Å². The van der Waals surface area contributed by atoms with Crippen LogP contribution in [0, 0.1) is 0 Å². The highest BCUT2D eigenvalue weighted by atomic mass is 16.2. The molecule has 1 aliphatic heterocycles. The van der Waals surface area contributed by atoms with Gasteiger partial charge in [0.1, 0.15) is 0 Å². The van der Waals surface area contributed by atoms with Crippen molar-refractivity contribution in [3.8, 4) is 0 Å². The first kappa shape index (κ1) is 18.1. The van der Waals surface area contributed by atoms with Crippen LogP contribution in [0.1, 0.15) is 17.5 Å². The number of hydrogen-bond donors (Lipinski definition) is 2. The second-order valence-electron chi connectivity index (χ2n) is 6.76. The molecule has 3 rings (SSSR count). The van der Waals surface area contributed by atoms with Crippen LogP contribution in [0.5, 0.6) is 0 Å². The highest BCUT2D eigenvalue weighted by Gasteiger charge is 2.50. The lowest BCUT2D eigenvalue weighted by molar-refractivity contribution is -0.129. The number of rotatable bonds is 7. The van der Waals surface area contributed by atoms with Crippen molar-refractivity contribution >= 4 is 17.5 Å². The van der Waals surface area contributed by atoms with Crippen LogP contribution in [0.3, 0.4) is 0 Å². The Morgan fingerprint density at radius 1 is 1.04 bits per heavy atom. The minimum Gasteiger partial charge on any atom is -0.355 e. The number of benzene rings is 2. The average Bonchev–Trinajstić information content (AvgIpc) is 2.85. The Bertz CT molecular complexity index is 791. The summed E-state index contributed by atoms with van der Waals surface area (Å²) >= 11 is 0. The Balaban J connectivity index is 1.97. The minimum atomic E-state index is -0.865. The number of carbonyl (C=O) groups is 2. The summed E-state index contributed by atoms with van der Waals surface area (Å²) < 4.78 is 0. The summed E-state index contributed by atoms with van der Waals surface area (Å²) in [7, 11) is 3.63. The molecular weight excluding hydrogens is 326 g/mol. The number of hydrogen-bond acceptors (Lipinski definition) is 3. The Morgan fingerprint density at radius 3 is 2.46 bits per heavy atom. The molecule has 2 amide bonds. The first-order valence-electron chi connectivity index (χ1n) is 8.91. The number of fused-ring (bicyclic) bond motifs is 1. The van der Waals surface area contributed by atoms with Gasteiger partial charge in [0.15, 0.2) is 0 Å². The zero-order chi connectivity index (χ0) is 18.6. The summed E-state index contributed by atoms with van der Waals surface area (Å²) in [5, 5.41) is 5.92. The maximum Gasteiger partial charge on any atom is 0.238 e. The van der Waals surface area contributed by atoms with E-state index in [4.69, 9.17) is 0 Å². The SMILES string of the molecule is CNCCNC(=O)CC1(Cc2ccccc2)C(=O)N(C)c2ccccc21. The summed E-state index contributed by atoms with van der Waals surface area (Å²) in [5.41, 5.74) is 2.00. The number of carbonyl (C=O) groups excluding carboxylic acids is 2. The minimum absolute atomic E-state index is 0.0219. The largest absolute Gasteiger partial charge is 0.355 e. The van der Waals surface area contributed by atoms with Crippen molar-refractivity contribution in [3.05, 3.63) is 65.7 Å². The normalized spacial score (nSPS) is 18.7. The van der Waals surface area contributed by atoms with Gasteiger partial charge in [-0.25, -0.2) is 0 Å². The van der Waals surface area contributed by atoms with Gasteiger partial charge in [-0.1, -0.05) is 48.5 Å². The maximum absolute atomic E-state index is 13.3. The van der Waals surface area contributed by atoms with Crippen molar-refractivity contribution in [1.82, 2.24) is 10.6 Å². The third-order valence-electron chi connectivity index (χ3n) is 5.00. The van der Waals surface area contributed by atoms with Crippen LogP contribution in [0.15, 0.2) is 54.6 Å². The quantitative estimate of drug-likeness (QED) is 0.749. The summed E-state index contributed by atoms with van der Waals surface area (Å²) in [4.78, 5) is 27.6. The predicted molar refractivity (Wildman–Crippen MR) is 103 cm³/mol. The molecule has 26 heavy (non-hydrogen) atoms. The molecule has 5 nitrogen and oxygen atoms in total. The van der Waals surface area contributed by atoms with Gasteiger partial charge >= 0.3 is 0 Å². The van der Waals surface area contributed by atoms with Gasteiger partial charge in [0, 0.05) is 32.2 Å². The van der Waals surface area contributed by atoms with Crippen molar-refractivity contribution in [1.29, 1.82) is 0 Å². The Hall–Kier alpha value is -2.66. The lowest BCUT2D eigenvalue weighted by atomic mass is 9.73. The fourth-order valence-corrected chi connectivity index (χ4v) is 3.73. The van der Waals surface area contributed by atoms with Gasteiger partial charge in [-0.2, -0.15) is 0 Å². The molecule has 0 spiro atoms. The van der Waals surface area contributed by atoms with Crippen molar-refractivity contribution < 1.29 is 9.59 Å². The van der Waals surface area contributed by atoms with Crippen molar-refractivity contribution in [2.45, 2.75) is 18.3 Å². The number of amides is 2. The number of para-hydroxylation sites is 1. The molecule has 0 saturated carbocycles. The Kier molecular flexibility index (Phi) is 5.38. The van der Waals surface area contributed by atoms with Gasteiger partial charge in [0.25, 0.3) is 0 Å². The zero-order valence-electron chi connectivity index (χ0n) is 15.3. The molecule has 0 aromatic heterocycles. The smallest absolute Gasteiger partial charge is 0.238 e. The average molecular weight is 351 g/mol. The van der Waals surface area contributed by atoms with Gasteiger partial charge in [0.2, 0.25) is 11.8 Å². The molecule has 2 aromatic carbocycles. The van der Waals surface area contributed by atoms with E-state index in [2.05, 4.69) is 10.6 Å². The fraction of sp³-hybridized carbons (Fsp3) is 0.333. The molecular formula is C21H25N3O2. The van der Waals surface area contributed by atoms with Gasteiger partial charge in [-0.05, 0) is 30.7 Å². The maximum atomic E-state index is 13.3. The molecule has 1 aliphatic rings. The lowest BCUT2D eigenvalue weighted by Crippen LogP contribution is -2.45. The molecule has 0 saturated heterocycles. The van der Waals surface area contributed by atoms with E-state index in [1.54, 1.807) is 11.9 Å². The van der Waals surface area contributed by atoms with Crippen LogP contribution in [-0.2, 0) is 21.4 Å². The summed E-state index contributed by atoms with van der Waals surface area (Å²) in [6, 6.07) is 17.7. The fourth-order valence-electron chi connectivity index (χ4n) is 3.73. The molecule has 0 bridgehead atoms. The van der Waals surface area contributed by atoms with E-state index in [1.165, 1.54) is 0 Å². The summed E-state index contributed by atoms with van der Waals surface area (Å²) in [6.07, 6.45) is 0.652. The van der Waals surface area contributed by atoms with Crippen LogP contribution < -0.4 is 15.5 Å². The van der Waals surface area contributed by atoms with E-state index < -0.39 is 5.41 Å². The molecule has 1 heterocycles. The Labute approximate surface area is 154 Å². The molecule has 2 aromatic rings. The van der Waals surface area contributed by atoms with E-state index in [1.807, 2.05) is 61.6 Å². The molecule has 0 fully saturated rings. The molecule has 1 atom stereocenters. The zero-order valence-corrected chi connectivity index (χ0v) is 15.3. The van der Waals surface area contributed by atoms with Crippen LogP contribution in [-0.4, -0.2) is 39.0 Å². The number of anilines is 1. The lowest BCUT2D eigenvalue weighted by Gasteiger charge is -2.28. The first-order valence-corrected chi connectivity index (χ1v) is 8.91. The second-order valence-corrected chi connectivity index (χ2v) is 6.76. The summed E-state index contributed by atoms with van der Waals surface area (Å²) in [5.74, 6) is -0.124. The van der Waals surface area contributed by atoms with E-state index in [0.717, 1.165) is 16.8 Å². The van der Waals surface area contributed by atoms with E-state index in [-0.39, 0.29) is 18.2 Å². The van der Waals surface area contributed by atoms with Crippen LogP contribution in [0.2, 0.25) is 0 Å². The number of nitrogens with one attached hydrogen (secondary N) is 2. The Morgan fingerprint density at radius 2 is 1.73 bits per heavy atom. The second kappa shape index (κ2) is 7.70. The van der Waals surface area contributed by atoms with Crippen molar-refractivity contribution in [3.63, 3.8) is 0 Å². The van der Waals surface area contributed by atoms with Gasteiger partial charge in [-0.15, -0.1) is 0 Å². The van der Waals surface area contributed by atoms with Gasteiger partial charge < -0.3 is 15.5 Å². The highest BCUT2D eigenvalue weighted by molar-refractivity contribution is 6.09. The van der Waals surface area contributed by atoms with Crippen LogP contribution in [0.4, 0.5) is 5.69 Å². The number of likely N-dealkylation sites (N-methyl/N-ethyl adjacent to an activating group) is 2. The first-order chi connectivity index (χ1) is 12.6. The van der Waals surface area contributed by atoms with E-state index in [9.17, 15) is 9.59 Å². The van der Waals surface area contributed by atoms with E-state index >= 15 is 0 Å². The third kappa shape index (κ3) is 3.35. The van der Waals surface area contributed by atoms with Crippen LogP contribution in [0.25, 0.3) is 0 Å². The molecule has 5 heteroatoms. The highest BCUT2D eigenvalue weighted by Crippen LogP contribution is 2.45. The van der Waals surface area contributed by atoms with Crippen molar-refractivity contribution in [2.24, 2.45) is 0 Å². The monoisotopic (exact) mass is 351 g/mol. The van der Waals surface area contributed by atoms with Crippen molar-refractivity contribution in [2.75, 3.05) is 32.1 Å². The van der Waals surface area contributed by atoms with Gasteiger partial charge in [0.05, 0.1) is 5.41 Å².